The van der Waals surface area contributed by atoms with Gasteiger partial charge in [0.25, 0.3) is 0 Å². The van der Waals surface area contributed by atoms with Crippen molar-refractivity contribution in [2.45, 2.75) is 26.5 Å². The molecule has 0 radical (unpaired) electrons. The van der Waals surface area contributed by atoms with Crippen LogP contribution in [0.1, 0.15) is 18.4 Å². The summed E-state index contributed by atoms with van der Waals surface area (Å²) in [6.07, 6.45) is -0.791. The van der Waals surface area contributed by atoms with Crippen LogP contribution in [0.25, 0.3) is 0 Å². The highest BCUT2D eigenvalue weighted by atomic mass is 16.5. The number of hydrogen-bond acceptors (Lipinski definition) is 4. The normalized spacial score (nSPS) is 12.9. The molecule has 17 heavy (non-hydrogen) atoms. The first kappa shape index (κ1) is 13.7. The van der Waals surface area contributed by atoms with E-state index in [-0.39, 0.29) is 0 Å². The third kappa shape index (κ3) is 4.58. The average Bonchev–Trinajstić information content (AvgIpc) is 2.63. The molecule has 0 amide bonds. The predicted octanol–water partition coefficient (Wildman–Crippen LogP) is 1.51. The second-order valence-electron chi connectivity index (χ2n) is 3.99. The molecule has 1 heterocycles. The number of hydrogen-bond donors (Lipinski definition) is 1. The van der Waals surface area contributed by atoms with Gasteiger partial charge < -0.3 is 14.3 Å². The van der Waals surface area contributed by atoms with Crippen molar-refractivity contribution in [3.05, 3.63) is 23.7 Å². The maximum absolute atomic E-state index is 10.9. The van der Waals surface area contributed by atoms with E-state index in [9.17, 15) is 4.79 Å². The Labute approximate surface area is 101 Å². The van der Waals surface area contributed by atoms with Crippen molar-refractivity contribution in [2.24, 2.45) is 0 Å². The van der Waals surface area contributed by atoms with Crippen molar-refractivity contribution in [3.8, 4) is 0 Å². The number of carboxylic acid groups (broad SMARTS) is 1. The molecule has 0 aromatic carbocycles. The molecule has 5 heteroatoms. The molecule has 1 aromatic rings. The lowest BCUT2D eigenvalue weighted by Gasteiger charge is -2.20. The van der Waals surface area contributed by atoms with Crippen LogP contribution in [0.15, 0.2) is 16.5 Å². The van der Waals surface area contributed by atoms with E-state index in [0.717, 1.165) is 11.5 Å². The summed E-state index contributed by atoms with van der Waals surface area (Å²) in [4.78, 5) is 12.8. The molecular formula is C12H19NO4. The molecule has 1 N–H and O–H groups in total. The van der Waals surface area contributed by atoms with Gasteiger partial charge in [0, 0.05) is 13.2 Å². The molecule has 0 saturated heterocycles. The Morgan fingerprint density at radius 1 is 1.59 bits per heavy atom. The van der Waals surface area contributed by atoms with Crippen LogP contribution in [-0.2, 0) is 16.1 Å². The molecule has 0 fully saturated rings. The minimum absolute atomic E-state index is 0.336. The van der Waals surface area contributed by atoms with Crippen molar-refractivity contribution in [3.63, 3.8) is 0 Å². The van der Waals surface area contributed by atoms with Gasteiger partial charge in [0.1, 0.15) is 11.5 Å². The minimum Gasteiger partial charge on any atom is -0.479 e. The molecule has 0 aliphatic carbocycles. The van der Waals surface area contributed by atoms with E-state index in [4.69, 9.17) is 14.3 Å². The van der Waals surface area contributed by atoms with E-state index in [1.165, 1.54) is 0 Å². The Hall–Kier alpha value is -1.33. The number of nitrogens with zero attached hydrogens (tertiary/aromatic N) is 1. The van der Waals surface area contributed by atoms with Crippen LogP contribution in [0.4, 0.5) is 0 Å². The summed E-state index contributed by atoms with van der Waals surface area (Å²) in [5.74, 6) is 0.743. The fraction of sp³-hybridized carbons (Fsp3) is 0.583. The summed E-state index contributed by atoms with van der Waals surface area (Å²) in [6.45, 7) is 4.97. The fourth-order valence-electron chi connectivity index (χ4n) is 1.59. The van der Waals surface area contributed by atoms with Gasteiger partial charge in [0.05, 0.1) is 6.54 Å². The van der Waals surface area contributed by atoms with E-state index in [1.54, 1.807) is 6.92 Å². The van der Waals surface area contributed by atoms with Crippen LogP contribution in [0.3, 0.4) is 0 Å². The van der Waals surface area contributed by atoms with Crippen LogP contribution >= 0.6 is 0 Å². The van der Waals surface area contributed by atoms with Crippen LogP contribution < -0.4 is 0 Å². The van der Waals surface area contributed by atoms with E-state index >= 15 is 0 Å². The molecule has 1 unspecified atom stereocenters. The molecule has 0 saturated carbocycles. The lowest BCUT2D eigenvalue weighted by atomic mass is 10.3. The molecule has 1 rings (SSSR count). The standard InChI is InChI=1S/C12H19NO4/c1-4-16-11(12(14)15)8-13(3)7-10-6-5-9(2)17-10/h5-6,11H,4,7-8H2,1-3H3,(H,14,15). The van der Waals surface area contributed by atoms with Crippen LogP contribution in [0.5, 0.6) is 0 Å². The third-order valence-electron chi connectivity index (χ3n) is 2.34. The summed E-state index contributed by atoms with van der Waals surface area (Å²) in [5, 5.41) is 8.95. The Balaban J connectivity index is 2.47. The SMILES string of the molecule is CCOC(CN(C)Cc1ccc(C)o1)C(=O)O. The Morgan fingerprint density at radius 3 is 2.76 bits per heavy atom. The summed E-state index contributed by atoms with van der Waals surface area (Å²) in [5.41, 5.74) is 0. The predicted molar refractivity (Wildman–Crippen MR) is 62.8 cm³/mol. The van der Waals surface area contributed by atoms with Crippen molar-refractivity contribution in [1.29, 1.82) is 0 Å². The topological polar surface area (TPSA) is 62.9 Å². The summed E-state index contributed by atoms with van der Waals surface area (Å²) in [7, 11) is 1.84. The molecule has 0 bridgehead atoms. The van der Waals surface area contributed by atoms with E-state index < -0.39 is 12.1 Å². The highest BCUT2D eigenvalue weighted by molar-refractivity contribution is 5.72. The van der Waals surface area contributed by atoms with Crippen molar-refractivity contribution in [1.82, 2.24) is 4.90 Å². The fourth-order valence-corrected chi connectivity index (χ4v) is 1.59. The average molecular weight is 241 g/mol. The van der Waals surface area contributed by atoms with Crippen molar-refractivity contribution < 1.29 is 19.1 Å². The molecule has 96 valence electrons. The first-order chi connectivity index (χ1) is 8.02. The Bertz CT molecular complexity index is 361. The second-order valence-corrected chi connectivity index (χ2v) is 3.99. The van der Waals surface area contributed by atoms with Gasteiger partial charge in [-0.2, -0.15) is 0 Å². The van der Waals surface area contributed by atoms with Gasteiger partial charge in [-0.25, -0.2) is 4.79 Å². The molecular weight excluding hydrogens is 222 g/mol. The van der Waals surface area contributed by atoms with Crippen molar-refractivity contribution >= 4 is 5.97 Å². The Morgan fingerprint density at radius 2 is 2.29 bits per heavy atom. The number of likely N-dealkylation sites (N-methyl/N-ethyl adjacent to an activating group) is 1. The first-order valence-corrected chi connectivity index (χ1v) is 5.61. The third-order valence-corrected chi connectivity index (χ3v) is 2.34. The van der Waals surface area contributed by atoms with Gasteiger partial charge in [0.2, 0.25) is 0 Å². The van der Waals surface area contributed by atoms with Crippen LogP contribution in [0.2, 0.25) is 0 Å². The molecule has 5 nitrogen and oxygen atoms in total. The zero-order chi connectivity index (χ0) is 12.8. The molecule has 0 aliphatic rings. The maximum atomic E-state index is 10.9. The number of rotatable bonds is 7. The number of ether oxygens (including phenoxy) is 1. The number of carbonyl (C=O) groups is 1. The maximum Gasteiger partial charge on any atom is 0.334 e. The lowest BCUT2D eigenvalue weighted by Crippen LogP contribution is -2.36. The molecule has 0 aliphatic heterocycles. The zero-order valence-corrected chi connectivity index (χ0v) is 10.5. The van der Waals surface area contributed by atoms with E-state index in [0.29, 0.717) is 19.7 Å². The van der Waals surface area contributed by atoms with Gasteiger partial charge in [0.15, 0.2) is 6.10 Å². The van der Waals surface area contributed by atoms with E-state index in [1.807, 2.05) is 31.0 Å². The molecule has 1 atom stereocenters. The largest absolute Gasteiger partial charge is 0.479 e. The second kappa shape index (κ2) is 6.42. The minimum atomic E-state index is -0.936. The van der Waals surface area contributed by atoms with Crippen LogP contribution in [0, 0.1) is 6.92 Å². The number of carboxylic acids is 1. The zero-order valence-electron chi connectivity index (χ0n) is 10.5. The monoisotopic (exact) mass is 241 g/mol. The highest BCUT2D eigenvalue weighted by Crippen LogP contribution is 2.09. The summed E-state index contributed by atoms with van der Waals surface area (Å²) in [6, 6.07) is 3.78. The van der Waals surface area contributed by atoms with Gasteiger partial charge in [-0.3, -0.25) is 4.90 Å². The van der Waals surface area contributed by atoms with Gasteiger partial charge in [-0.05, 0) is 33.0 Å². The van der Waals surface area contributed by atoms with Crippen LogP contribution in [-0.4, -0.2) is 42.3 Å². The number of aryl methyl sites for hydroxylation is 1. The molecule has 1 aromatic heterocycles. The summed E-state index contributed by atoms with van der Waals surface area (Å²) < 4.78 is 10.6. The number of furan rings is 1. The summed E-state index contributed by atoms with van der Waals surface area (Å²) >= 11 is 0. The van der Waals surface area contributed by atoms with E-state index in [2.05, 4.69) is 0 Å². The molecule has 0 spiro atoms. The number of aliphatic carboxylic acids is 1. The Kier molecular flexibility index (Phi) is 5.18. The smallest absolute Gasteiger partial charge is 0.334 e. The van der Waals surface area contributed by atoms with Gasteiger partial charge in [-0.15, -0.1) is 0 Å². The highest BCUT2D eigenvalue weighted by Gasteiger charge is 2.19. The quantitative estimate of drug-likeness (QED) is 0.784. The first-order valence-electron chi connectivity index (χ1n) is 5.61. The lowest BCUT2D eigenvalue weighted by molar-refractivity contribution is -0.151. The van der Waals surface area contributed by atoms with Crippen molar-refractivity contribution in [2.75, 3.05) is 20.2 Å². The van der Waals surface area contributed by atoms with Gasteiger partial charge in [-0.1, -0.05) is 0 Å². The van der Waals surface area contributed by atoms with Gasteiger partial charge >= 0.3 is 5.97 Å².